The van der Waals surface area contributed by atoms with Gasteiger partial charge in [-0.05, 0) is 41.8 Å². The molecule has 1 aliphatic rings. The van der Waals surface area contributed by atoms with Crippen molar-refractivity contribution in [2.75, 3.05) is 11.4 Å². The van der Waals surface area contributed by atoms with E-state index < -0.39 is 0 Å². The monoisotopic (exact) mass is 341 g/mol. The highest BCUT2D eigenvalue weighted by molar-refractivity contribution is 7.08. The van der Waals surface area contributed by atoms with Gasteiger partial charge in [0, 0.05) is 22.5 Å². The maximum absolute atomic E-state index is 4.96. The normalized spacial score (nSPS) is 15.0. The molecule has 0 bridgehead atoms. The van der Waals surface area contributed by atoms with E-state index in [0.717, 1.165) is 28.8 Å². The average molecular weight is 341 g/mol. The molecule has 2 aromatic heterocycles. The largest absolute Gasteiger partial charge is 0.334 e. The predicted molar refractivity (Wildman–Crippen MR) is 106 cm³/mol. The smallest absolute Gasteiger partial charge is 0.0703 e. The molecular weight excluding hydrogens is 326 g/mol. The van der Waals surface area contributed by atoms with E-state index in [2.05, 4.69) is 63.1 Å². The summed E-state index contributed by atoms with van der Waals surface area (Å²) < 4.78 is 0. The molecule has 1 aliphatic heterocycles. The van der Waals surface area contributed by atoms with Crippen LogP contribution in [0.3, 0.4) is 0 Å². The van der Waals surface area contributed by atoms with Gasteiger partial charge in [-0.2, -0.15) is 11.3 Å². The van der Waals surface area contributed by atoms with Crippen molar-refractivity contribution in [3.8, 4) is 0 Å². The maximum atomic E-state index is 4.96. The lowest BCUT2D eigenvalue weighted by atomic mass is 10.1. The Kier molecular flexibility index (Phi) is 3.35. The zero-order valence-electron chi connectivity index (χ0n) is 13.5. The van der Waals surface area contributed by atoms with E-state index in [1.54, 1.807) is 11.3 Å². The molecule has 2 aromatic carbocycles. The lowest BCUT2D eigenvalue weighted by Gasteiger charge is -2.16. The fraction of sp³-hybridized carbons (Fsp3) is 0.0476. The summed E-state index contributed by atoms with van der Waals surface area (Å²) in [5, 5.41) is 5.41. The third-order valence-corrected chi connectivity index (χ3v) is 5.15. The molecule has 120 valence electrons. The Morgan fingerprint density at radius 3 is 2.88 bits per heavy atom. The number of para-hydroxylation sites is 1. The quantitative estimate of drug-likeness (QED) is 0.477. The summed E-state index contributed by atoms with van der Waals surface area (Å²) in [7, 11) is 0. The van der Waals surface area contributed by atoms with Crippen LogP contribution in [0.15, 0.2) is 82.6 Å². The molecule has 0 amide bonds. The molecule has 0 saturated carbocycles. The molecule has 3 nitrogen and oxygen atoms in total. The number of hydrogen-bond acceptors (Lipinski definition) is 4. The third-order valence-electron chi connectivity index (χ3n) is 4.48. The van der Waals surface area contributed by atoms with Crippen molar-refractivity contribution in [2.45, 2.75) is 0 Å². The van der Waals surface area contributed by atoms with E-state index in [1.165, 1.54) is 16.9 Å². The summed E-state index contributed by atoms with van der Waals surface area (Å²) in [6, 6.07) is 20.9. The summed E-state index contributed by atoms with van der Waals surface area (Å²) in [6.45, 7) is 0.793. The summed E-state index contributed by atoms with van der Waals surface area (Å²) in [5.74, 6) is 0. The standard InChI is InChI=1S/C21H15N3S/c1-2-6-21-18(5-1)20(13-24(21)17-9-11-25-14-17)23-16-7-8-19-15(12-16)4-3-10-22-19/h1-12,14H,13H2. The van der Waals surface area contributed by atoms with Crippen LogP contribution in [0.25, 0.3) is 10.9 Å². The van der Waals surface area contributed by atoms with Gasteiger partial charge in [-0.25, -0.2) is 0 Å². The molecule has 4 heteroatoms. The van der Waals surface area contributed by atoms with Crippen LogP contribution in [0.5, 0.6) is 0 Å². The minimum absolute atomic E-state index is 0.793. The molecule has 0 fully saturated rings. The van der Waals surface area contributed by atoms with Crippen LogP contribution in [0.1, 0.15) is 5.56 Å². The molecule has 0 spiro atoms. The fourth-order valence-corrected chi connectivity index (χ4v) is 3.94. The molecular formula is C21H15N3S. The Morgan fingerprint density at radius 1 is 1.00 bits per heavy atom. The molecule has 0 unspecified atom stereocenters. The first-order chi connectivity index (χ1) is 12.4. The summed E-state index contributed by atoms with van der Waals surface area (Å²) in [6.07, 6.45) is 1.82. The first kappa shape index (κ1) is 14.4. The van der Waals surface area contributed by atoms with Crippen molar-refractivity contribution in [1.29, 1.82) is 0 Å². The van der Waals surface area contributed by atoms with Gasteiger partial charge in [0.25, 0.3) is 0 Å². The van der Waals surface area contributed by atoms with Gasteiger partial charge in [0.15, 0.2) is 0 Å². The highest BCUT2D eigenvalue weighted by Gasteiger charge is 2.25. The fourth-order valence-electron chi connectivity index (χ4n) is 3.30. The van der Waals surface area contributed by atoms with Crippen LogP contribution in [0.2, 0.25) is 0 Å². The molecule has 0 radical (unpaired) electrons. The molecule has 4 aromatic rings. The number of hydrogen-bond donors (Lipinski definition) is 0. The number of anilines is 2. The first-order valence-electron chi connectivity index (χ1n) is 8.20. The number of pyridine rings is 1. The molecule has 0 N–H and O–H groups in total. The van der Waals surface area contributed by atoms with Gasteiger partial charge in [-0.3, -0.25) is 9.98 Å². The lowest BCUT2D eigenvalue weighted by Crippen LogP contribution is -2.15. The second-order valence-electron chi connectivity index (χ2n) is 6.02. The van der Waals surface area contributed by atoms with E-state index in [0.29, 0.717) is 0 Å². The highest BCUT2D eigenvalue weighted by atomic mass is 32.1. The second-order valence-corrected chi connectivity index (χ2v) is 6.80. The Hall–Kier alpha value is -2.98. The van der Waals surface area contributed by atoms with Crippen molar-refractivity contribution in [2.24, 2.45) is 4.99 Å². The van der Waals surface area contributed by atoms with Crippen LogP contribution in [-0.2, 0) is 0 Å². The summed E-state index contributed by atoms with van der Waals surface area (Å²) >= 11 is 1.72. The molecule has 5 rings (SSSR count). The maximum Gasteiger partial charge on any atom is 0.0703 e. The number of fused-ring (bicyclic) bond motifs is 2. The van der Waals surface area contributed by atoms with Crippen molar-refractivity contribution in [3.05, 3.63) is 83.2 Å². The number of benzene rings is 2. The number of rotatable bonds is 2. The van der Waals surface area contributed by atoms with E-state index in [4.69, 9.17) is 4.99 Å². The van der Waals surface area contributed by atoms with Crippen LogP contribution < -0.4 is 4.90 Å². The molecule has 0 aliphatic carbocycles. The van der Waals surface area contributed by atoms with Crippen LogP contribution in [0.4, 0.5) is 17.1 Å². The number of aliphatic imine (C=N–C) groups is 1. The average Bonchev–Trinajstić information content (AvgIpc) is 3.30. The SMILES string of the molecule is c1ccc2c(c1)C(=Nc1ccc3ncccc3c1)CN2c1ccsc1. The van der Waals surface area contributed by atoms with E-state index in [-0.39, 0.29) is 0 Å². The minimum Gasteiger partial charge on any atom is -0.334 e. The van der Waals surface area contributed by atoms with Gasteiger partial charge in [-0.15, -0.1) is 0 Å². The zero-order valence-corrected chi connectivity index (χ0v) is 14.3. The highest BCUT2D eigenvalue weighted by Crippen LogP contribution is 2.36. The van der Waals surface area contributed by atoms with Gasteiger partial charge >= 0.3 is 0 Å². The third kappa shape index (κ3) is 2.51. The number of thiophene rings is 1. The zero-order chi connectivity index (χ0) is 16.6. The van der Waals surface area contributed by atoms with E-state index in [9.17, 15) is 0 Å². The molecule has 0 saturated heterocycles. The van der Waals surface area contributed by atoms with Crippen molar-refractivity contribution in [1.82, 2.24) is 4.98 Å². The van der Waals surface area contributed by atoms with Crippen molar-refractivity contribution >= 4 is 45.0 Å². The van der Waals surface area contributed by atoms with E-state index >= 15 is 0 Å². The summed E-state index contributed by atoms with van der Waals surface area (Å²) in [4.78, 5) is 11.7. The first-order valence-corrected chi connectivity index (χ1v) is 9.14. The molecule has 3 heterocycles. The minimum atomic E-state index is 0.793. The lowest BCUT2D eigenvalue weighted by molar-refractivity contribution is 1.18. The van der Waals surface area contributed by atoms with Gasteiger partial charge < -0.3 is 4.90 Å². The van der Waals surface area contributed by atoms with Gasteiger partial charge in [0.05, 0.1) is 34.8 Å². The van der Waals surface area contributed by atoms with Gasteiger partial charge in [0.1, 0.15) is 0 Å². The van der Waals surface area contributed by atoms with E-state index in [1.807, 2.05) is 24.4 Å². The number of nitrogens with zero attached hydrogens (tertiary/aromatic N) is 3. The Morgan fingerprint density at radius 2 is 1.96 bits per heavy atom. The Bertz CT molecular complexity index is 1080. The molecule has 25 heavy (non-hydrogen) atoms. The topological polar surface area (TPSA) is 28.5 Å². The van der Waals surface area contributed by atoms with Crippen LogP contribution in [0, 0.1) is 0 Å². The molecule has 0 atom stereocenters. The number of aromatic nitrogens is 1. The van der Waals surface area contributed by atoms with Crippen LogP contribution >= 0.6 is 11.3 Å². The summed E-state index contributed by atoms with van der Waals surface area (Å²) in [5.41, 5.74) is 6.73. The van der Waals surface area contributed by atoms with Gasteiger partial charge in [-0.1, -0.05) is 24.3 Å². The van der Waals surface area contributed by atoms with Crippen molar-refractivity contribution in [3.63, 3.8) is 0 Å². The van der Waals surface area contributed by atoms with Crippen LogP contribution in [-0.4, -0.2) is 17.2 Å². The Labute approximate surface area is 149 Å². The van der Waals surface area contributed by atoms with Gasteiger partial charge in [0.2, 0.25) is 0 Å². The second kappa shape index (κ2) is 5.83. The Balaban J connectivity index is 1.60. The van der Waals surface area contributed by atoms with Crippen molar-refractivity contribution < 1.29 is 0 Å². The predicted octanol–water partition coefficient (Wildman–Crippen LogP) is 5.57.